The van der Waals surface area contributed by atoms with Crippen LogP contribution in [0.1, 0.15) is 28.0 Å². The van der Waals surface area contributed by atoms with E-state index in [9.17, 15) is 9.59 Å². The van der Waals surface area contributed by atoms with Crippen molar-refractivity contribution in [3.63, 3.8) is 0 Å². The normalized spacial score (nSPS) is 15.2. The van der Waals surface area contributed by atoms with Crippen LogP contribution in [0.15, 0.2) is 109 Å². The number of carbonyl (C=O) groups excluding carboxylic acids is 2. The maximum atomic E-state index is 13.6. The van der Waals surface area contributed by atoms with Gasteiger partial charge in [-0.1, -0.05) is 72.8 Å². The number of nitrogens with one attached hydrogen (secondary N) is 1. The van der Waals surface area contributed by atoms with Gasteiger partial charge in [-0.3, -0.25) is 14.5 Å². The second kappa shape index (κ2) is 10.9. The summed E-state index contributed by atoms with van der Waals surface area (Å²) in [5.41, 5.74) is 5.51. The highest BCUT2D eigenvalue weighted by molar-refractivity contribution is 8.00. The third-order valence-corrected chi connectivity index (χ3v) is 7.69. The molecule has 2 amide bonds. The van der Waals surface area contributed by atoms with E-state index in [2.05, 4.69) is 5.32 Å². The summed E-state index contributed by atoms with van der Waals surface area (Å²) in [6, 6.07) is 35.5. The lowest BCUT2D eigenvalue weighted by molar-refractivity contribution is -0.117. The number of rotatable bonds is 7. The van der Waals surface area contributed by atoms with Crippen molar-refractivity contribution in [1.29, 1.82) is 0 Å². The van der Waals surface area contributed by atoms with E-state index in [1.54, 1.807) is 11.8 Å². The maximum absolute atomic E-state index is 13.6. The summed E-state index contributed by atoms with van der Waals surface area (Å²) in [4.78, 5) is 30.3. The molecule has 0 unspecified atom stereocenters. The van der Waals surface area contributed by atoms with Crippen molar-refractivity contribution in [3.8, 4) is 0 Å². The molecule has 0 aromatic heterocycles. The van der Waals surface area contributed by atoms with Crippen molar-refractivity contribution in [2.45, 2.75) is 11.3 Å². The molecule has 4 aromatic rings. The lowest BCUT2D eigenvalue weighted by Crippen LogP contribution is -2.28. The zero-order valence-electron chi connectivity index (χ0n) is 20.9. The van der Waals surface area contributed by atoms with Crippen LogP contribution in [0.5, 0.6) is 0 Å². The Balaban J connectivity index is 1.40. The van der Waals surface area contributed by atoms with Gasteiger partial charge in [0.2, 0.25) is 11.8 Å². The predicted molar refractivity (Wildman–Crippen MR) is 153 cm³/mol. The molecule has 0 aliphatic carbocycles. The molecule has 1 aliphatic heterocycles. The molecular weight excluding hydrogens is 478 g/mol. The molecule has 6 heteroatoms. The fourth-order valence-electron chi connectivity index (χ4n) is 4.63. The molecule has 5 rings (SSSR count). The number of anilines is 3. The summed E-state index contributed by atoms with van der Waals surface area (Å²) in [6.45, 7) is 0. The van der Waals surface area contributed by atoms with Crippen LogP contribution in [0.3, 0.4) is 0 Å². The highest BCUT2D eigenvalue weighted by atomic mass is 32.2. The second-order valence-electron chi connectivity index (χ2n) is 9.21. The molecule has 1 fully saturated rings. The summed E-state index contributed by atoms with van der Waals surface area (Å²) < 4.78 is 0. The zero-order valence-corrected chi connectivity index (χ0v) is 21.7. The van der Waals surface area contributed by atoms with E-state index in [1.807, 2.05) is 133 Å². The first-order valence-electron chi connectivity index (χ1n) is 12.2. The number of carbonyl (C=O) groups is 2. The first-order valence-corrected chi connectivity index (χ1v) is 13.3. The van der Waals surface area contributed by atoms with Gasteiger partial charge in [0, 0.05) is 31.2 Å². The smallest absolute Gasteiger partial charge is 0.238 e. The average molecular weight is 508 g/mol. The van der Waals surface area contributed by atoms with Crippen molar-refractivity contribution in [1.82, 2.24) is 0 Å². The predicted octanol–water partition coefficient (Wildman–Crippen LogP) is 6.30. The molecule has 1 saturated heterocycles. The second-order valence-corrected chi connectivity index (χ2v) is 10.3. The van der Waals surface area contributed by atoms with Gasteiger partial charge in [0.1, 0.15) is 5.37 Å². The molecule has 1 aliphatic rings. The van der Waals surface area contributed by atoms with Gasteiger partial charge in [0.05, 0.1) is 11.7 Å². The van der Waals surface area contributed by atoms with E-state index >= 15 is 0 Å². The Kier molecular flexibility index (Phi) is 7.28. The molecule has 1 heterocycles. The quantitative estimate of drug-likeness (QED) is 0.319. The molecule has 37 heavy (non-hydrogen) atoms. The van der Waals surface area contributed by atoms with E-state index in [1.165, 1.54) is 0 Å². The largest absolute Gasteiger partial charge is 0.378 e. The van der Waals surface area contributed by atoms with Crippen molar-refractivity contribution in [3.05, 3.63) is 126 Å². The Morgan fingerprint density at radius 1 is 0.865 bits per heavy atom. The summed E-state index contributed by atoms with van der Waals surface area (Å²) in [7, 11) is 3.99. The molecule has 0 radical (unpaired) electrons. The minimum absolute atomic E-state index is 0.0789. The minimum Gasteiger partial charge on any atom is -0.378 e. The van der Waals surface area contributed by atoms with Gasteiger partial charge >= 0.3 is 0 Å². The molecule has 186 valence electrons. The van der Waals surface area contributed by atoms with Gasteiger partial charge < -0.3 is 10.2 Å². The standard InChI is InChI=1S/C31H29N3O2S/c1-33(2)26-16-18-27(19-17-26)34-28(35)21-37-31(34)24-14-9-15-25(20-24)32-30(36)29(22-10-5-3-6-11-22)23-12-7-4-8-13-23/h3-20,29,31H,21H2,1-2H3,(H,32,36)/t31-/m0/s1. The van der Waals surface area contributed by atoms with Gasteiger partial charge in [-0.25, -0.2) is 0 Å². The van der Waals surface area contributed by atoms with Crippen LogP contribution in [0, 0.1) is 0 Å². The molecule has 0 bridgehead atoms. The van der Waals surface area contributed by atoms with Gasteiger partial charge in [0.25, 0.3) is 0 Å². The summed E-state index contributed by atoms with van der Waals surface area (Å²) >= 11 is 1.60. The van der Waals surface area contributed by atoms with Crippen LogP contribution < -0.4 is 15.1 Å². The van der Waals surface area contributed by atoms with Crippen LogP contribution in [-0.4, -0.2) is 31.7 Å². The first-order chi connectivity index (χ1) is 18.0. The topological polar surface area (TPSA) is 52.6 Å². The zero-order chi connectivity index (χ0) is 25.8. The van der Waals surface area contributed by atoms with Crippen LogP contribution in [0.25, 0.3) is 0 Å². The lowest BCUT2D eigenvalue weighted by Gasteiger charge is -2.25. The molecular formula is C31H29N3O2S. The fraction of sp³-hybridized carbons (Fsp3) is 0.161. The third-order valence-electron chi connectivity index (χ3n) is 6.48. The first kappa shape index (κ1) is 24.7. The minimum atomic E-state index is -0.430. The van der Waals surface area contributed by atoms with Gasteiger partial charge in [-0.05, 0) is 53.1 Å². The van der Waals surface area contributed by atoms with E-state index in [0.717, 1.165) is 28.1 Å². The lowest BCUT2D eigenvalue weighted by atomic mass is 9.90. The van der Waals surface area contributed by atoms with Crippen LogP contribution >= 0.6 is 11.8 Å². The maximum Gasteiger partial charge on any atom is 0.238 e. The number of hydrogen-bond acceptors (Lipinski definition) is 4. The number of hydrogen-bond donors (Lipinski definition) is 1. The van der Waals surface area contributed by atoms with E-state index < -0.39 is 5.92 Å². The summed E-state index contributed by atoms with van der Waals surface area (Å²) in [5.74, 6) is -0.0304. The Labute approximate surface area is 222 Å². The van der Waals surface area contributed by atoms with Crippen LogP contribution in [0.4, 0.5) is 17.1 Å². The Bertz CT molecular complexity index is 1340. The number of thioether (sulfide) groups is 1. The van der Waals surface area contributed by atoms with Crippen LogP contribution in [-0.2, 0) is 9.59 Å². The van der Waals surface area contributed by atoms with E-state index in [0.29, 0.717) is 11.4 Å². The molecule has 5 nitrogen and oxygen atoms in total. The molecule has 1 atom stereocenters. The van der Waals surface area contributed by atoms with Crippen LogP contribution in [0.2, 0.25) is 0 Å². The number of nitrogens with zero attached hydrogens (tertiary/aromatic N) is 2. The van der Waals surface area contributed by atoms with Crippen molar-refractivity contribution < 1.29 is 9.59 Å². The van der Waals surface area contributed by atoms with Crippen molar-refractivity contribution >= 4 is 40.6 Å². The number of amides is 2. The van der Waals surface area contributed by atoms with E-state index in [4.69, 9.17) is 0 Å². The van der Waals surface area contributed by atoms with E-state index in [-0.39, 0.29) is 17.2 Å². The Morgan fingerprint density at radius 2 is 1.49 bits per heavy atom. The third kappa shape index (κ3) is 5.39. The van der Waals surface area contributed by atoms with Gasteiger partial charge in [-0.2, -0.15) is 0 Å². The number of benzene rings is 4. The average Bonchev–Trinajstić information content (AvgIpc) is 3.31. The SMILES string of the molecule is CN(C)c1ccc(N2C(=O)CS[C@H]2c2cccc(NC(=O)C(c3ccccc3)c3ccccc3)c2)cc1. The molecule has 0 spiro atoms. The van der Waals surface area contributed by atoms with Crippen molar-refractivity contribution in [2.24, 2.45) is 0 Å². The summed E-state index contributed by atoms with van der Waals surface area (Å²) in [6.07, 6.45) is 0. The Hall–Kier alpha value is -4.03. The van der Waals surface area contributed by atoms with Gasteiger partial charge in [0.15, 0.2) is 0 Å². The fourth-order valence-corrected chi connectivity index (χ4v) is 5.80. The highest BCUT2D eigenvalue weighted by Crippen LogP contribution is 2.42. The summed E-state index contributed by atoms with van der Waals surface area (Å²) in [5, 5.41) is 2.97. The Morgan fingerprint density at radius 3 is 2.08 bits per heavy atom. The molecule has 1 N–H and O–H groups in total. The highest BCUT2D eigenvalue weighted by Gasteiger charge is 2.34. The van der Waals surface area contributed by atoms with Crippen molar-refractivity contribution in [2.75, 3.05) is 35.0 Å². The van der Waals surface area contributed by atoms with Gasteiger partial charge in [-0.15, -0.1) is 11.8 Å². The monoisotopic (exact) mass is 507 g/mol. The molecule has 0 saturated carbocycles. The molecule has 4 aromatic carbocycles.